The largest absolute Gasteiger partial charge is 0.383 e. The number of hydrogen-bond donors (Lipinski definition) is 1. The Hall–Kier alpha value is -1.82. The van der Waals surface area contributed by atoms with Crippen LogP contribution in [0.1, 0.15) is 36.5 Å². The van der Waals surface area contributed by atoms with Crippen LogP contribution in [0, 0.1) is 0 Å². The first kappa shape index (κ1) is 18.2. The maximum absolute atomic E-state index is 12.0. The maximum atomic E-state index is 12.0. The summed E-state index contributed by atoms with van der Waals surface area (Å²) in [4.78, 5) is 13.7. The lowest BCUT2D eigenvalue weighted by molar-refractivity contribution is 0.104. The number of anilines is 1. The first-order valence-electron chi connectivity index (χ1n) is 7.33. The van der Waals surface area contributed by atoms with E-state index >= 15 is 0 Å². The van der Waals surface area contributed by atoms with Gasteiger partial charge in [0.25, 0.3) is 0 Å². The second-order valence-electron chi connectivity index (χ2n) is 5.35. The van der Waals surface area contributed by atoms with Gasteiger partial charge < -0.3 is 4.90 Å². The normalized spacial score (nSPS) is 11.6. The zero-order chi connectivity index (χ0) is 16.6. The topological polar surface area (TPSA) is 66.5 Å². The van der Waals surface area contributed by atoms with E-state index in [1.54, 1.807) is 35.4 Å². The van der Waals surface area contributed by atoms with Crippen LogP contribution < -0.4 is 4.72 Å². The standard InChI is InChI=1S/C16H24N2O3S/c1-4-5-6-12-22(20,21)17-15-9-7-8-14(13-15)16(19)10-11-18(2)3/h7-11,13,17H,4-6,12H2,1-3H3. The van der Waals surface area contributed by atoms with Crippen molar-refractivity contribution in [2.45, 2.75) is 26.2 Å². The van der Waals surface area contributed by atoms with Gasteiger partial charge in [0.1, 0.15) is 0 Å². The Bertz CT molecular complexity index is 622. The van der Waals surface area contributed by atoms with Crippen molar-refractivity contribution in [3.05, 3.63) is 42.1 Å². The van der Waals surface area contributed by atoms with Crippen molar-refractivity contribution < 1.29 is 13.2 Å². The third-order valence-electron chi connectivity index (χ3n) is 2.96. The fourth-order valence-corrected chi connectivity index (χ4v) is 2.99. The number of benzene rings is 1. The molecule has 0 bridgehead atoms. The average Bonchev–Trinajstić information content (AvgIpc) is 2.44. The van der Waals surface area contributed by atoms with Crippen molar-refractivity contribution >= 4 is 21.5 Å². The van der Waals surface area contributed by atoms with Crippen LogP contribution in [0.15, 0.2) is 36.5 Å². The summed E-state index contributed by atoms with van der Waals surface area (Å²) in [5.74, 6) is -0.0692. The van der Waals surface area contributed by atoms with Crippen molar-refractivity contribution in [3.8, 4) is 0 Å². The second kappa shape index (κ2) is 8.58. The van der Waals surface area contributed by atoms with Crippen molar-refractivity contribution in [1.29, 1.82) is 0 Å². The molecule has 6 heteroatoms. The Morgan fingerprint density at radius 3 is 2.64 bits per heavy atom. The quantitative estimate of drug-likeness (QED) is 0.431. The summed E-state index contributed by atoms with van der Waals surface area (Å²) in [7, 11) is 0.285. The van der Waals surface area contributed by atoms with E-state index in [4.69, 9.17) is 0 Å². The van der Waals surface area contributed by atoms with Crippen molar-refractivity contribution in [3.63, 3.8) is 0 Å². The Labute approximate surface area is 133 Å². The smallest absolute Gasteiger partial charge is 0.232 e. The van der Waals surface area contributed by atoms with E-state index < -0.39 is 10.0 Å². The maximum Gasteiger partial charge on any atom is 0.232 e. The summed E-state index contributed by atoms with van der Waals surface area (Å²) in [6, 6.07) is 6.53. The predicted molar refractivity (Wildman–Crippen MR) is 90.5 cm³/mol. The highest BCUT2D eigenvalue weighted by atomic mass is 32.2. The van der Waals surface area contributed by atoms with Crippen molar-refractivity contribution in [2.75, 3.05) is 24.6 Å². The van der Waals surface area contributed by atoms with E-state index in [9.17, 15) is 13.2 Å². The Balaban J connectivity index is 2.78. The van der Waals surface area contributed by atoms with Crippen molar-refractivity contribution in [2.24, 2.45) is 0 Å². The highest BCUT2D eigenvalue weighted by Crippen LogP contribution is 2.14. The average molecular weight is 324 g/mol. The van der Waals surface area contributed by atoms with E-state index in [2.05, 4.69) is 4.72 Å². The minimum Gasteiger partial charge on any atom is -0.383 e. The zero-order valence-corrected chi connectivity index (χ0v) is 14.2. The van der Waals surface area contributed by atoms with Gasteiger partial charge in [-0.15, -0.1) is 0 Å². The molecule has 1 aromatic rings. The summed E-state index contributed by atoms with van der Waals surface area (Å²) in [5, 5.41) is 0. The van der Waals surface area contributed by atoms with Gasteiger partial charge in [-0.3, -0.25) is 9.52 Å². The lowest BCUT2D eigenvalue weighted by Crippen LogP contribution is -2.16. The number of carbonyl (C=O) groups is 1. The van der Waals surface area contributed by atoms with Gasteiger partial charge in [-0.2, -0.15) is 0 Å². The van der Waals surface area contributed by atoms with Crippen LogP contribution in [0.25, 0.3) is 0 Å². The number of hydrogen-bond acceptors (Lipinski definition) is 4. The highest BCUT2D eigenvalue weighted by molar-refractivity contribution is 7.92. The molecule has 0 atom stereocenters. The fourth-order valence-electron chi connectivity index (χ4n) is 1.82. The van der Waals surface area contributed by atoms with E-state index in [0.29, 0.717) is 17.7 Å². The Morgan fingerprint density at radius 1 is 1.27 bits per heavy atom. The Morgan fingerprint density at radius 2 is 2.00 bits per heavy atom. The summed E-state index contributed by atoms with van der Waals surface area (Å²) >= 11 is 0. The third kappa shape index (κ3) is 6.76. The number of unbranched alkanes of at least 4 members (excludes halogenated alkanes) is 2. The fraction of sp³-hybridized carbons (Fsp3) is 0.438. The number of sulfonamides is 1. The van der Waals surface area contributed by atoms with Crippen LogP contribution >= 0.6 is 0 Å². The molecule has 0 aromatic heterocycles. The molecule has 1 rings (SSSR count). The summed E-state index contributed by atoms with van der Waals surface area (Å²) in [6.45, 7) is 2.02. The van der Waals surface area contributed by atoms with Crippen LogP contribution in [0.3, 0.4) is 0 Å². The molecule has 0 aliphatic heterocycles. The van der Waals surface area contributed by atoms with Gasteiger partial charge in [-0.25, -0.2) is 8.42 Å². The molecule has 5 nitrogen and oxygen atoms in total. The van der Waals surface area contributed by atoms with Crippen molar-refractivity contribution in [1.82, 2.24) is 4.90 Å². The lowest BCUT2D eigenvalue weighted by atomic mass is 10.1. The summed E-state index contributed by atoms with van der Waals surface area (Å²) < 4.78 is 26.4. The van der Waals surface area contributed by atoms with E-state index in [1.165, 1.54) is 6.08 Å². The monoisotopic (exact) mass is 324 g/mol. The molecule has 0 spiro atoms. The zero-order valence-electron chi connectivity index (χ0n) is 13.4. The molecule has 22 heavy (non-hydrogen) atoms. The molecule has 0 aliphatic rings. The predicted octanol–water partition coefficient (Wildman–Crippen LogP) is 2.88. The molecule has 0 unspecified atom stereocenters. The van der Waals surface area contributed by atoms with Crippen LogP contribution in [0.2, 0.25) is 0 Å². The minimum atomic E-state index is -3.36. The minimum absolute atomic E-state index is 0.0968. The van der Waals surface area contributed by atoms with E-state index in [0.717, 1.165) is 12.8 Å². The van der Waals surface area contributed by atoms with E-state index in [1.807, 2.05) is 21.0 Å². The van der Waals surface area contributed by atoms with Crippen LogP contribution in [0.5, 0.6) is 0 Å². The first-order chi connectivity index (χ1) is 10.3. The first-order valence-corrected chi connectivity index (χ1v) is 8.99. The van der Waals surface area contributed by atoms with Gasteiger partial charge in [0, 0.05) is 37.6 Å². The molecule has 0 fully saturated rings. The van der Waals surface area contributed by atoms with Gasteiger partial charge in [0.2, 0.25) is 10.0 Å². The van der Waals surface area contributed by atoms with Gasteiger partial charge in [0.05, 0.1) is 5.75 Å². The highest BCUT2D eigenvalue weighted by Gasteiger charge is 2.11. The van der Waals surface area contributed by atoms with Crippen LogP contribution in [-0.2, 0) is 10.0 Å². The molecule has 1 aromatic carbocycles. The molecular weight excluding hydrogens is 300 g/mol. The molecule has 122 valence electrons. The lowest BCUT2D eigenvalue weighted by Gasteiger charge is -2.09. The molecule has 0 aliphatic carbocycles. The number of rotatable bonds is 9. The number of nitrogens with one attached hydrogen (secondary N) is 1. The van der Waals surface area contributed by atoms with Gasteiger partial charge in [0.15, 0.2) is 5.78 Å². The number of ketones is 1. The molecular formula is C16H24N2O3S. The molecule has 0 saturated carbocycles. The van der Waals surface area contributed by atoms with Gasteiger partial charge in [-0.1, -0.05) is 31.9 Å². The second-order valence-corrected chi connectivity index (χ2v) is 7.19. The van der Waals surface area contributed by atoms with Crippen LogP contribution in [-0.4, -0.2) is 38.9 Å². The molecule has 0 saturated heterocycles. The van der Waals surface area contributed by atoms with Crippen LogP contribution in [0.4, 0.5) is 5.69 Å². The Kier molecular flexibility index (Phi) is 7.11. The summed E-state index contributed by atoms with van der Waals surface area (Å²) in [6.07, 6.45) is 5.60. The molecule has 1 N–H and O–H groups in total. The third-order valence-corrected chi connectivity index (χ3v) is 4.33. The number of allylic oxidation sites excluding steroid dienone is 1. The SMILES string of the molecule is CCCCCS(=O)(=O)Nc1cccc(C(=O)C=CN(C)C)c1. The van der Waals surface area contributed by atoms with E-state index in [-0.39, 0.29) is 11.5 Å². The number of carbonyl (C=O) groups excluding carboxylic acids is 1. The summed E-state index contributed by atoms with van der Waals surface area (Å²) in [5.41, 5.74) is 0.868. The molecule has 0 amide bonds. The van der Waals surface area contributed by atoms with Gasteiger partial charge in [-0.05, 0) is 18.6 Å². The molecule has 0 radical (unpaired) electrons. The van der Waals surface area contributed by atoms with Gasteiger partial charge >= 0.3 is 0 Å². The molecule has 0 heterocycles. The number of nitrogens with zero attached hydrogens (tertiary/aromatic N) is 1.